The van der Waals surface area contributed by atoms with Crippen molar-refractivity contribution < 1.29 is 18.0 Å². The molecule has 0 saturated heterocycles. The summed E-state index contributed by atoms with van der Waals surface area (Å²) in [5, 5.41) is 0. The highest BCUT2D eigenvalue weighted by molar-refractivity contribution is 5.99. The number of alkyl halides is 3. The highest BCUT2D eigenvalue weighted by atomic mass is 19.4. The summed E-state index contributed by atoms with van der Waals surface area (Å²) < 4.78 is 38.0. The van der Waals surface area contributed by atoms with E-state index in [-0.39, 0.29) is 17.2 Å². The Balaban J connectivity index is 3.03. The van der Waals surface area contributed by atoms with Crippen LogP contribution >= 0.6 is 0 Å². The van der Waals surface area contributed by atoms with E-state index in [2.05, 4.69) is 0 Å². The van der Waals surface area contributed by atoms with Crippen molar-refractivity contribution in [1.29, 1.82) is 0 Å². The fourth-order valence-electron chi connectivity index (χ4n) is 1.80. The lowest BCUT2D eigenvalue weighted by atomic mass is 10.1. The number of halogens is 3. The fourth-order valence-corrected chi connectivity index (χ4v) is 1.80. The summed E-state index contributed by atoms with van der Waals surface area (Å²) in [5.41, 5.74) is 4.70. The minimum atomic E-state index is -4.49. The standard InChI is InChI=1S/C14H19F3N2O/c1-4-9(2)8-19(3)13(20)11-7-10(14(15,16)17)5-6-12(11)18/h5-7,9H,4,8,18H2,1-3H3. The predicted molar refractivity (Wildman–Crippen MR) is 72.3 cm³/mol. The number of nitrogen functional groups attached to an aromatic ring is 1. The second kappa shape index (κ2) is 6.15. The molecule has 1 aromatic carbocycles. The third-order valence-corrected chi connectivity index (χ3v) is 3.24. The third kappa shape index (κ3) is 3.88. The van der Waals surface area contributed by atoms with Crippen molar-refractivity contribution in [2.75, 3.05) is 19.3 Å². The van der Waals surface area contributed by atoms with E-state index < -0.39 is 17.6 Å². The van der Waals surface area contributed by atoms with Crippen molar-refractivity contribution in [1.82, 2.24) is 4.90 Å². The van der Waals surface area contributed by atoms with Crippen LogP contribution in [0.15, 0.2) is 18.2 Å². The van der Waals surface area contributed by atoms with Gasteiger partial charge in [0.2, 0.25) is 0 Å². The zero-order chi connectivity index (χ0) is 15.5. The van der Waals surface area contributed by atoms with Crippen LogP contribution in [0.5, 0.6) is 0 Å². The Bertz CT molecular complexity index is 486. The smallest absolute Gasteiger partial charge is 0.398 e. The van der Waals surface area contributed by atoms with Crippen LogP contribution in [0.1, 0.15) is 36.2 Å². The van der Waals surface area contributed by atoms with Gasteiger partial charge in [0.25, 0.3) is 5.91 Å². The minimum absolute atomic E-state index is 0.0546. The van der Waals surface area contributed by atoms with Crippen molar-refractivity contribution in [3.05, 3.63) is 29.3 Å². The van der Waals surface area contributed by atoms with Crippen molar-refractivity contribution >= 4 is 11.6 Å². The summed E-state index contributed by atoms with van der Waals surface area (Å²) in [6.07, 6.45) is -3.60. The average Bonchev–Trinajstić information content (AvgIpc) is 2.36. The summed E-state index contributed by atoms with van der Waals surface area (Å²) >= 11 is 0. The maximum atomic E-state index is 12.7. The van der Waals surface area contributed by atoms with E-state index in [4.69, 9.17) is 5.73 Å². The third-order valence-electron chi connectivity index (χ3n) is 3.24. The lowest BCUT2D eigenvalue weighted by Gasteiger charge is -2.22. The van der Waals surface area contributed by atoms with Gasteiger partial charge in [-0.15, -0.1) is 0 Å². The highest BCUT2D eigenvalue weighted by Gasteiger charge is 2.32. The number of nitrogens with two attached hydrogens (primary N) is 1. The van der Waals surface area contributed by atoms with Crippen molar-refractivity contribution in [2.45, 2.75) is 26.4 Å². The molecule has 0 aliphatic carbocycles. The SMILES string of the molecule is CCC(C)CN(C)C(=O)c1cc(C(F)(F)F)ccc1N. The molecule has 1 rings (SSSR count). The normalized spacial score (nSPS) is 13.1. The first kappa shape index (κ1) is 16.3. The Kier molecular flexibility index (Phi) is 5.03. The average molecular weight is 288 g/mol. The van der Waals surface area contributed by atoms with E-state index >= 15 is 0 Å². The van der Waals surface area contributed by atoms with Gasteiger partial charge in [-0.25, -0.2) is 0 Å². The van der Waals surface area contributed by atoms with E-state index in [0.29, 0.717) is 6.54 Å². The molecular formula is C14H19F3N2O. The number of carbonyl (C=O) groups is 1. The molecule has 112 valence electrons. The first-order valence-electron chi connectivity index (χ1n) is 6.39. The number of hydrogen-bond donors (Lipinski definition) is 1. The van der Waals surface area contributed by atoms with Gasteiger partial charge >= 0.3 is 6.18 Å². The van der Waals surface area contributed by atoms with Crippen LogP contribution in [0.25, 0.3) is 0 Å². The minimum Gasteiger partial charge on any atom is -0.398 e. The topological polar surface area (TPSA) is 46.3 Å². The van der Waals surface area contributed by atoms with Gasteiger partial charge in [0, 0.05) is 19.3 Å². The molecule has 1 atom stereocenters. The molecule has 0 spiro atoms. The van der Waals surface area contributed by atoms with Crippen molar-refractivity contribution in [3.63, 3.8) is 0 Å². The molecule has 20 heavy (non-hydrogen) atoms. The van der Waals surface area contributed by atoms with Gasteiger partial charge in [0.1, 0.15) is 0 Å². The number of rotatable bonds is 4. The summed E-state index contributed by atoms with van der Waals surface area (Å²) in [4.78, 5) is 13.6. The Morgan fingerprint density at radius 2 is 2.00 bits per heavy atom. The second-order valence-corrected chi connectivity index (χ2v) is 5.00. The van der Waals surface area contributed by atoms with Gasteiger partial charge < -0.3 is 10.6 Å². The number of benzene rings is 1. The first-order valence-corrected chi connectivity index (χ1v) is 6.39. The molecule has 0 heterocycles. The van der Waals surface area contributed by atoms with Crippen molar-refractivity contribution in [3.8, 4) is 0 Å². The van der Waals surface area contributed by atoms with Gasteiger partial charge in [0.05, 0.1) is 11.1 Å². The van der Waals surface area contributed by atoms with Crippen LogP contribution in [0, 0.1) is 5.92 Å². The highest BCUT2D eigenvalue weighted by Crippen LogP contribution is 2.31. The van der Waals surface area contributed by atoms with Gasteiger partial charge in [0.15, 0.2) is 0 Å². The van der Waals surface area contributed by atoms with E-state index in [1.54, 1.807) is 7.05 Å². The summed E-state index contributed by atoms with van der Waals surface area (Å²) in [6, 6.07) is 2.80. The van der Waals surface area contributed by atoms with Crippen LogP contribution in [-0.2, 0) is 6.18 Å². The monoisotopic (exact) mass is 288 g/mol. The van der Waals surface area contributed by atoms with Gasteiger partial charge in [-0.3, -0.25) is 4.79 Å². The fraction of sp³-hybridized carbons (Fsp3) is 0.500. The summed E-state index contributed by atoms with van der Waals surface area (Å²) in [7, 11) is 1.56. The Labute approximate surface area is 116 Å². The molecule has 6 heteroatoms. The molecule has 2 N–H and O–H groups in total. The molecule has 0 bridgehead atoms. The lowest BCUT2D eigenvalue weighted by Crippen LogP contribution is -2.31. The number of hydrogen-bond acceptors (Lipinski definition) is 2. The number of anilines is 1. The molecule has 3 nitrogen and oxygen atoms in total. The van der Waals surface area contributed by atoms with Crippen LogP contribution in [0.3, 0.4) is 0 Å². The Morgan fingerprint density at radius 3 is 2.50 bits per heavy atom. The van der Waals surface area contributed by atoms with Gasteiger partial charge in [-0.05, 0) is 24.1 Å². The summed E-state index contributed by atoms with van der Waals surface area (Å²) in [6.45, 7) is 4.44. The number of carbonyl (C=O) groups excluding carboxylic acids is 1. The quantitative estimate of drug-likeness (QED) is 0.863. The molecule has 1 amide bonds. The molecule has 0 saturated carbocycles. The molecule has 0 aromatic heterocycles. The lowest BCUT2D eigenvalue weighted by molar-refractivity contribution is -0.137. The molecule has 1 unspecified atom stereocenters. The van der Waals surface area contributed by atoms with Crippen LogP contribution < -0.4 is 5.73 Å². The maximum Gasteiger partial charge on any atom is 0.416 e. The van der Waals surface area contributed by atoms with Crippen LogP contribution in [0.2, 0.25) is 0 Å². The Hall–Kier alpha value is -1.72. The second-order valence-electron chi connectivity index (χ2n) is 5.00. The van der Waals surface area contributed by atoms with E-state index in [0.717, 1.165) is 24.6 Å². The molecule has 0 aliphatic rings. The predicted octanol–water partition coefficient (Wildman–Crippen LogP) is 3.41. The molecule has 1 aromatic rings. The van der Waals surface area contributed by atoms with Crippen molar-refractivity contribution in [2.24, 2.45) is 5.92 Å². The molecular weight excluding hydrogens is 269 g/mol. The van der Waals surface area contributed by atoms with Crippen LogP contribution in [0.4, 0.5) is 18.9 Å². The first-order chi connectivity index (χ1) is 9.16. The number of nitrogens with zero attached hydrogens (tertiary/aromatic N) is 1. The molecule has 0 radical (unpaired) electrons. The van der Waals surface area contributed by atoms with Gasteiger partial charge in [-0.1, -0.05) is 20.3 Å². The van der Waals surface area contributed by atoms with E-state index in [9.17, 15) is 18.0 Å². The summed E-state index contributed by atoms with van der Waals surface area (Å²) in [5.74, 6) is -0.218. The van der Waals surface area contributed by atoms with Gasteiger partial charge in [-0.2, -0.15) is 13.2 Å². The maximum absolute atomic E-state index is 12.7. The number of amides is 1. The Morgan fingerprint density at radius 1 is 1.40 bits per heavy atom. The van der Waals surface area contributed by atoms with Crippen LogP contribution in [-0.4, -0.2) is 24.4 Å². The zero-order valence-electron chi connectivity index (χ0n) is 11.8. The molecule has 0 fully saturated rings. The van der Waals surface area contributed by atoms with E-state index in [1.165, 1.54) is 4.90 Å². The zero-order valence-corrected chi connectivity index (χ0v) is 11.8. The molecule has 0 aliphatic heterocycles. The van der Waals surface area contributed by atoms with E-state index in [1.807, 2.05) is 13.8 Å². The largest absolute Gasteiger partial charge is 0.416 e.